The summed E-state index contributed by atoms with van der Waals surface area (Å²) in [6.07, 6.45) is 5.23. The molecule has 1 unspecified atom stereocenters. The van der Waals surface area contributed by atoms with Crippen molar-refractivity contribution in [1.29, 1.82) is 0 Å². The molecule has 25 heavy (non-hydrogen) atoms. The molecule has 1 aliphatic carbocycles. The van der Waals surface area contributed by atoms with Gasteiger partial charge < -0.3 is 14.6 Å². The first kappa shape index (κ1) is 17.7. The third kappa shape index (κ3) is 4.95. The minimum absolute atomic E-state index is 0.221. The first-order chi connectivity index (χ1) is 12.1. The van der Waals surface area contributed by atoms with Gasteiger partial charge in [0.25, 0.3) is 5.91 Å². The van der Waals surface area contributed by atoms with Gasteiger partial charge in [-0.2, -0.15) is 4.98 Å². The van der Waals surface area contributed by atoms with Gasteiger partial charge in [0, 0.05) is 10.9 Å². The second-order valence-electron chi connectivity index (χ2n) is 6.32. The fraction of sp³-hybridized carbons (Fsp3) is 0.500. The molecule has 1 saturated carbocycles. The van der Waals surface area contributed by atoms with Crippen LogP contribution in [0.3, 0.4) is 0 Å². The van der Waals surface area contributed by atoms with Gasteiger partial charge in [0.15, 0.2) is 11.9 Å². The van der Waals surface area contributed by atoms with Gasteiger partial charge in [0.2, 0.25) is 5.89 Å². The van der Waals surface area contributed by atoms with E-state index in [2.05, 4.69) is 15.5 Å². The fourth-order valence-electron chi connectivity index (χ4n) is 2.96. The molecule has 1 aromatic heterocycles. The van der Waals surface area contributed by atoms with Crippen LogP contribution in [0.25, 0.3) is 0 Å². The predicted molar refractivity (Wildman–Crippen MR) is 93.5 cm³/mol. The Morgan fingerprint density at radius 2 is 2.20 bits per heavy atom. The van der Waals surface area contributed by atoms with Crippen LogP contribution in [0.2, 0.25) is 5.02 Å². The van der Waals surface area contributed by atoms with Gasteiger partial charge in [-0.3, -0.25) is 4.79 Å². The molecule has 1 amide bonds. The Morgan fingerprint density at radius 3 is 2.96 bits per heavy atom. The number of amides is 1. The van der Waals surface area contributed by atoms with Gasteiger partial charge in [-0.05, 0) is 38.0 Å². The standard InChI is InChI=1S/C18H22ClN3O3/c1-12(24-15-9-5-8-14(19)10-15)17(23)20-11-16-21-18(25-22-16)13-6-3-2-4-7-13/h5,8-10,12-13H,2-4,6-7,11H2,1H3,(H,20,23). The maximum absolute atomic E-state index is 12.2. The Labute approximate surface area is 151 Å². The molecule has 1 aromatic carbocycles. The first-order valence-electron chi connectivity index (χ1n) is 8.64. The molecule has 1 fully saturated rings. The first-order valence-corrected chi connectivity index (χ1v) is 9.02. The largest absolute Gasteiger partial charge is 0.481 e. The van der Waals surface area contributed by atoms with Gasteiger partial charge in [0.1, 0.15) is 5.75 Å². The summed E-state index contributed by atoms with van der Waals surface area (Å²) in [6.45, 7) is 1.90. The van der Waals surface area contributed by atoms with Crippen molar-refractivity contribution in [1.82, 2.24) is 15.5 Å². The van der Waals surface area contributed by atoms with Crippen molar-refractivity contribution < 1.29 is 14.1 Å². The minimum atomic E-state index is -0.650. The molecule has 1 heterocycles. The molecule has 3 rings (SSSR count). The molecule has 1 atom stereocenters. The number of carbonyl (C=O) groups excluding carboxylic acids is 1. The maximum Gasteiger partial charge on any atom is 0.261 e. The van der Waals surface area contributed by atoms with Crippen LogP contribution in [0.1, 0.15) is 56.7 Å². The van der Waals surface area contributed by atoms with Gasteiger partial charge in [-0.25, -0.2) is 0 Å². The number of aromatic nitrogens is 2. The SMILES string of the molecule is CC(Oc1cccc(Cl)c1)C(=O)NCc1noc(C2CCCCC2)n1. The lowest BCUT2D eigenvalue weighted by molar-refractivity contribution is -0.127. The van der Waals surface area contributed by atoms with Crippen molar-refractivity contribution >= 4 is 17.5 Å². The number of halogens is 1. The number of nitrogens with one attached hydrogen (secondary N) is 1. The van der Waals surface area contributed by atoms with Gasteiger partial charge in [-0.1, -0.05) is 42.1 Å². The number of ether oxygens (including phenoxy) is 1. The van der Waals surface area contributed by atoms with Crippen molar-refractivity contribution in [2.45, 2.75) is 57.6 Å². The summed E-state index contributed by atoms with van der Waals surface area (Å²) in [4.78, 5) is 16.6. The van der Waals surface area contributed by atoms with Gasteiger partial charge in [0.05, 0.1) is 6.54 Å². The van der Waals surface area contributed by atoms with E-state index in [-0.39, 0.29) is 12.5 Å². The third-order valence-electron chi connectivity index (χ3n) is 4.34. The molecule has 7 heteroatoms. The summed E-state index contributed by atoms with van der Waals surface area (Å²) in [6, 6.07) is 6.94. The monoisotopic (exact) mass is 363 g/mol. The molecule has 0 radical (unpaired) electrons. The molecule has 0 aliphatic heterocycles. The number of benzene rings is 1. The van der Waals surface area contributed by atoms with E-state index in [1.165, 1.54) is 19.3 Å². The van der Waals surface area contributed by atoms with Crippen LogP contribution in [0.4, 0.5) is 0 Å². The highest BCUT2D eigenvalue weighted by atomic mass is 35.5. The molecule has 0 bridgehead atoms. The molecule has 1 N–H and O–H groups in total. The van der Waals surface area contributed by atoms with Crippen LogP contribution in [0.15, 0.2) is 28.8 Å². The lowest BCUT2D eigenvalue weighted by Gasteiger charge is -2.17. The van der Waals surface area contributed by atoms with E-state index in [0.717, 1.165) is 12.8 Å². The van der Waals surface area contributed by atoms with Crippen LogP contribution in [-0.4, -0.2) is 22.2 Å². The van der Waals surface area contributed by atoms with Gasteiger partial charge >= 0.3 is 0 Å². The van der Waals surface area contributed by atoms with Crippen LogP contribution in [0.5, 0.6) is 5.75 Å². The molecular formula is C18H22ClN3O3. The van der Waals surface area contributed by atoms with Crippen molar-refractivity contribution in [2.24, 2.45) is 0 Å². The zero-order chi connectivity index (χ0) is 17.6. The molecular weight excluding hydrogens is 342 g/mol. The van der Waals surface area contributed by atoms with E-state index in [4.69, 9.17) is 20.9 Å². The molecule has 134 valence electrons. The summed E-state index contributed by atoms with van der Waals surface area (Å²) in [5.41, 5.74) is 0. The molecule has 1 aliphatic rings. The van der Waals surface area contributed by atoms with E-state index in [9.17, 15) is 4.79 Å². The zero-order valence-corrected chi connectivity index (χ0v) is 15.0. The summed E-state index contributed by atoms with van der Waals surface area (Å²) >= 11 is 5.91. The average molecular weight is 364 g/mol. The Balaban J connectivity index is 1.49. The Kier molecular flexibility index (Phi) is 5.91. The molecule has 2 aromatic rings. The van der Waals surface area contributed by atoms with Crippen molar-refractivity contribution in [3.8, 4) is 5.75 Å². The lowest BCUT2D eigenvalue weighted by atomic mass is 9.89. The number of carbonyl (C=O) groups is 1. The average Bonchev–Trinajstić information content (AvgIpc) is 3.09. The second kappa shape index (κ2) is 8.34. The van der Waals surface area contributed by atoms with Crippen molar-refractivity contribution in [3.63, 3.8) is 0 Å². The topological polar surface area (TPSA) is 77.2 Å². The highest BCUT2D eigenvalue weighted by Crippen LogP contribution is 2.31. The summed E-state index contributed by atoms with van der Waals surface area (Å²) in [7, 11) is 0. The van der Waals surface area contributed by atoms with Gasteiger partial charge in [-0.15, -0.1) is 0 Å². The van der Waals surface area contributed by atoms with E-state index in [1.54, 1.807) is 31.2 Å². The summed E-state index contributed by atoms with van der Waals surface area (Å²) < 4.78 is 10.9. The van der Waals surface area contributed by atoms with E-state index in [0.29, 0.717) is 28.4 Å². The zero-order valence-electron chi connectivity index (χ0n) is 14.2. The van der Waals surface area contributed by atoms with E-state index in [1.807, 2.05) is 0 Å². The smallest absolute Gasteiger partial charge is 0.261 e. The van der Waals surface area contributed by atoms with Crippen LogP contribution >= 0.6 is 11.6 Å². The van der Waals surface area contributed by atoms with Crippen LogP contribution in [0, 0.1) is 0 Å². The maximum atomic E-state index is 12.2. The predicted octanol–water partition coefficient (Wildman–Crippen LogP) is 3.85. The molecule has 6 nitrogen and oxygen atoms in total. The third-order valence-corrected chi connectivity index (χ3v) is 4.57. The van der Waals surface area contributed by atoms with E-state index < -0.39 is 6.10 Å². The molecule has 0 spiro atoms. The van der Waals surface area contributed by atoms with Crippen molar-refractivity contribution in [3.05, 3.63) is 41.0 Å². The summed E-state index contributed by atoms with van der Waals surface area (Å²) in [5.74, 6) is 1.84. The Hall–Kier alpha value is -2.08. The normalized spacial score (nSPS) is 16.4. The van der Waals surface area contributed by atoms with E-state index >= 15 is 0 Å². The number of hydrogen-bond acceptors (Lipinski definition) is 5. The molecule has 0 saturated heterocycles. The van der Waals surface area contributed by atoms with Crippen LogP contribution < -0.4 is 10.1 Å². The summed E-state index contributed by atoms with van der Waals surface area (Å²) in [5, 5.41) is 7.29. The lowest BCUT2D eigenvalue weighted by Crippen LogP contribution is -2.36. The van der Waals surface area contributed by atoms with Crippen molar-refractivity contribution in [2.75, 3.05) is 0 Å². The minimum Gasteiger partial charge on any atom is -0.481 e. The highest BCUT2D eigenvalue weighted by Gasteiger charge is 2.22. The fourth-order valence-corrected chi connectivity index (χ4v) is 3.14. The number of rotatable bonds is 6. The Morgan fingerprint density at radius 1 is 1.40 bits per heavy atom. The highest BCUT2D eigenvalue weighted by molar-refractivity contribution is 6.30. The Bertz CT molecular complexity index is 713. The van der Waals surface area contributed by atoms with Crippen LogP contribution in [-0.2, 0) is 11.3 Å². The number of nitrogens with zero attached hydrogens (tertiary/aromatic N) is 2. The second-order valence-corrected chi connectivity index (χ2v) is 6.76. The quantitative estimate of drug-likeness (QED) is 0.843. The number of hydrogen-bond donors (Lipinski definition) is 1.